The number of pyridine rings is 1. The predicted molar refractivity (Wildman–Crippen MR) is 140 cm³/mol. The minimum absolute atomic E-state index is 0.0214. The smallest absolute Gasteiger partial charge is 0.475 e. The molecule has 2 aromatic rings. The molecule has 0 radical (unpaired) electrons. The highest BCUT2D eigenvalue weighted by atomic mass is 19.4. The second kappa shape index (κ2) is 18.0. The number of nitrogens with zero attached hydrogens (tertiary/aromatic N) is 5. The summed E-state index contributed by atoms with van der Waals surface area (Å²) >= 11 is 0. The number of aryl methyl sites for hydroxylation is 2. The maximum atomic E-state index is 11.7. The van der Waals surface area contributed by atoms with Gasteiger partial charge in [-0.15, -0.1) is 0 Å². The molecule has 1 atom stereocenters. The highest BCUT2D eigenvalue weighted by Gasteiger charge is 2.39. The molecule has 0 spiro atoms. The van der Waals surface area contributed by atoms with Crippen LogP contribution in [0.25, 0.3) is 0 Å². The van der Waals surface area contributed by atoms with Gasteiger partial charge in [0.15, 0.2) is 0 Å². The van der Waals surface area contributed by atoms with Crippen LogP contribution in [0.1, 0.15) is 28.7 Å². The monoisotopic (exact) mass is 699 g/mol. The van der Waals surface area contributed by atoms with E-state index in [2.05, 4.69) is 25.5 Å². The van der Waals surface area contributed by atoms with Crippen LogP contribution in [0.3, 0.4) is 0 Å². The number of carbonyl (C=O) groups excluding carboxylic acids is 1. The molecule has 3 heterocycles. The average molecular weight is 700 g/mol. The maximum absolute atomic E-state index is 11.7. The van der Waals surface area contributed by atoms with Crippen LogP contribution >= 0.6 is 0 Å². The molecule has 0 saturated carbocycles. The van der Waals surface area contributed by atoms with Crippen LogP contribution in [-0.4, -0.2) is 116 Å². The summed E-state index contributed by atoms with van der Waals surface area (Å²) in [5, 5.41) is 21.4. The largest absolute Gasteiger partial charge is 0.490 e. The van der Waals surface area contributed by atoms with Gasteiger partial charge in [-0.25, -0.2) is 19.4 Å². The second-order valence-electron chi connectivity index (χ2n) is 9.54. The standard InChI is InChI=1S/C19H27N5O2.3C2HF3O2/c1-14-6-5-7-16(21-14)9-24-8-15(11-26-12-18(25)22(2)3)19-17(10-24)20-13-23(19)4;3*3-2(4,5)1(6)7/h5-7,13,15H,8-12H2,1-4H3;3*(H,6,7). The molecule has 0 saturated heterocycles. The Kier molecular flexibility index (Phi) is 16.3. The summed E-state index contributed by atoms with van der Waals surface area (Å²) in [5.74, 6) is -8.11. The van der Waals surface area contributed by atoms with Crippen molar-refractivity contribution in [1.29, 1.82) is 0 Å². The van der Waals surface area contributed by atoms with Crippen molar-refractivity contribution in [2.45, 2.75) is 44.5 Å². The zero-order chi connectivity index (χ0) is 36.9. The minimum atomic E-state index is -5.08. The first-order valence-corrected chi connectivity index (χ1v) is 12.6. The number of likely N-dealkylation sites (N-methyl/N-ethyl adjacent to an activating group) is 1. The Balaban J connectivity index is 0.000000820. The summed E-state index contributed by atoms with van der Waals surface area (Å²) in [6, 6.07) is 6.11. The highest BCUT2D eigenvalue weighted by Crippen LogP contribution is 2.28. The van der Waals surface area contributed by atoms with Crippen molar-refractivity contribution in [2.24, 2.45) is 7.05 Å². The van der Waals surface area contributed by atoms with Gasteiger partial charge >= 0.3 is 36.4 Å². The molecule has 47 heavy (non-hydrogen) atoms. The summed E-state index contributed by atoms with van der Waals surface area (Å²) < 4.78 is 103. The highest BCUT2D eigenvalue weighted by molar-refractivity contribution is 5.76. The SMILES string of the molecule is Cc1cccc(CN2Cc3ncn(C)c3C(COCC(=O)N(C)C)C2)n1.O=C(O)C(F)(F)F.O=C(O)C(F)(F)F.O=C(O)C(F)(F)F. The number of hydrogen-bond acceptors (Lipinski definition) is 8. The van der Waals surface area contributed by atoms with Gasteiger partial charge in [0, 0.05) is 58.1 Å². The van der Waals surface area contributed by atoms with E-state index in [0.717, 1.165) is 36.7 Å². The number of aromatic nitrogens is 3. The maximum Gasteiger partial charge on any atom is 0.490 e. The minimum Gasteiger partial charge on any atom is -0.475 e. The quantitative estimate of drug-likeness (QED) is 0.378. The Labute approximate surface area is 260 Å². The van der Waals surface area contributed by atoms with Gasteiger partial charge in [0.2, 0.25) is 5.91 Å². The number of hydrogen-bond donors (Lipinski definition) is 3. The summed E-state index contributed by atoms with van der Waals surface area (Å²) in [6.07, 6.45) is -13.4. The van der Waals surface area contributed by atoms with Gasteiger partial charge in [-0.1, -0.05) is 6.07 Å². The van der Waals surface area contributed by atoms with Gasteiger partial charge in [-0.2, -0.15) is 39.5 Å². The fraction of sp³-hybridized carbons (Fsp3) is 0.520. The lowest BCUT2D eigenvalue weighted by Crippen LogP contribution is -2.37. The lowest BCUT2D eigenvalue weighted by atomic mass is 9.98. The lowest BCUT2D eigenvalue weighted by molar-refractivity contribution is -0.193. The van der Waals surface area contributed by atoms with E-state index in [1.165, 1.54) is 5.69 Å². The fourth-order valence-electron chi connectivity index (χ4n) is 3.39. The normalized spacial score (nSPS) is 14.5. The molecule has 1 amide bonds. The molecule has 1 aliphatic rings. The molecular formula is C25H30F9N5O8. The van der Waals surface area contributed by atoms with Gasteiger partial charge in [0.1, 0.15) is 6.61 Å². The van der Waals surface area contributed by atoms with E-state index in [1.54, 1.807) is 19.0 Å². The van der Waals surface area contributed by atoms with Crippen molar-refractivity contribution in [1.82, 2.24) is 24.3 Å². The summed E-state index contributed by atoms with van der Waals surface area (Å²) in [4.78, 5) is 51.5. The first-order valence-electron chi connectivity index (χ1n) is 12.6. The molecule has 1 aliphatic heterocycles. The number of halogens is 9. The number of aliphatic carboxylic acids is 3. The molecule has 0 aromatic carbocycles. The number of carboxylic acids is 3. The summed E-state index contributed by atoms with van der Waals surface area (Å²) in [6.45, 7) is 5.07. The predicted octanol–water partition coefficient (Wildman–Crippen LogP) is 3.23. The molecule has 0 fully saturated rings. The topological polar surface area (TPSA) is 175 Å². The van der Waals surface area contributed by atoms with Crippen LogP contribution in [0.4, 0.5) is 39.5 Å². The number of carbonyl (C=O) groups is 4. The lowest BCUT2D eigenvalue weighted by Gasteiger charge is -2.32. The van der Waals surface area contributed by atoms with E-state index in [9.17, 15) is 44.3 Å². The first kappa shape index (κ1) is 42.5. The molecule has 22 heteroatoms. The van der Waals surface area contributed by atoms with Crippen molar-refractivity contribution in [3.8, 4) is 0 Å². The molecule has 266 valence electrons. The number of amides is 1. The zero-order valence-corrected chi connectivity index (χ0v) is 24.9. The zero-order valence-electron chi connectivity index (χ0n) is 24.9. The Bertz CT molecular complexity index is 1290. The van der Waals surface area contributed by atoms with Crippen molar-refractivity contribution >= 4 is 23.8 Å². The van der Waals surface area contributed by atoms with E-state index in [1.807, 2.05) is 32.4 Å². The molecular weight excluding hydrogens is 669 g/mol. The molecule has 1 unspecified atom stereocenters. The molecule has 2 aromatic heterocycles. The number of alkyl halides is 9. The Morgan fingerprint density at radius 1 is 0.915 bits per heavy atom. The van der Waals surface area contributed by atoms with E-state index in [0.29, 0.717) is 6.61 Å². The number of imidazole rings is 1. The third-order valence-electron chi connectivity index (χ3n) is 5.40. The molecule has 3 rings (SSSR count). The van der Waals surface area contributed by atoms with Gasteiger partial charge in [0.05, 0.1) is 24.3 Å². The van der Waals surface area contributed by atoms with Crippen LogP contribution in [0, 0.1) is 6.92 Å². The van der Waals surface area contributed by atoms with Crippen molar-refractivity contribution in [3.05, 3.63) is 47.3 Å². The van der Waals surface area contributed by atoms with Gasteiger partial charge in [-0.3, -0.25) is 14.7 Å². The molecule has 0 aliphatic carbocycles. The van der Waals surface area contributed by atoms with Crippen molar-refractivity contribution < 1.29 is 78.7 Å². The number of rotatable bonds is 6. The third kappa shape index (κ3) is 16.6. The molecule has 13 nitrogen and oxygen atoms in total. The van der Waals surface area contributed by atoms with Gasteiger partial charge in [-0.05, 0) is 19.1 Å². The average Bonchev–Trinajstić information content (AvgIpc) is 3.28. The van der Waals surface area contributed by atoms with Crippen LogP contribution in [0.5, 0.6) is 0 Å². The van der Waals surface area contributed by atoms with Crippen LogP contribution in [0.15, 0.2) is 24.5 Å². The Hall–Kier alpha value is -4.47. The van der Waals surface area contributed by atoms with E-state index in [-0.39, 0.29) is 18.4 Å². The number of carboxylic acid groups (broad SMARTS) is 3. The molecule has 0 bridgehead atoms. The number of ether oxygens (including phenoxy) is 1. The van der Waals surface area contributed by atoms with Crippen molar-refractivity contribution in [2.75, 3.05) is 33.9 Å². The summed E-state index contributed by atoms with van der Waals surface area (Å²) in [7, 11) is 5.49. The van der Waals surface area contributed by atoms with Crippen LogP contribution in [-0.2, 0) is 44.1 Å². The van der Waals surface area contributed by atoms with E-state index >= 15 is 0 Å². The summed E-state index contributed by atoms with van der Waals surface area (Å²) in [5.41, 5.74) is 4.38. The second-order valence-corrected chi connectivity index (χ2v) is 9.54. The Morgan fingerprint density at radius 2 is 1.38 bits per heavy atom. The third-order valence-corrected chi connectivity index (χ3v) is 5.40. The van der Waals surface area contributed by atoms with Crippen LogP contribution < -0.4 is 0 Å². The fourth-order valence-corrected chi connectivity index (χ4v) is 3.39. The van der Waals surface area contributed by atoms with Crippen molar-refractivity contribution in [3.63, 3.8) is 0 Å². The Morgan fingerprint density at radius 3 is 1.79 bits per heavy atom. The number of fused-ring (bicyclic) bond motifs is 1. The van der Waals surface area contributed by atoms with E-state index in [4.69, 9.17) is 34.4 Å². The van der Waals surface area contributed by atoms with Gasteiger partial charge in [0.25, 0.3) is 0 Å². The van der Waals surface area contributed by atoms with Crippen LogP contribution in [0.2, 0.25) is 0 Å². The molecule has 3 N–H and O–H groups in total. The van der Waals surface area contributed by atoms with E-state index < -0.39 is 36.4 Å². The first-order chi connectivity index (χ1) is 21.3. The van der Waals surface area contributed by atoms with Gasteiger partial charge < -0.3 is 29.5 Å².